The van der Waals surface area contributed by atoms with E-state index in [1.54, 1.807) is 26.0 Å². The van der Waals surface area contributed by atoms with Crippen molar-refractivity contribution in [3.63, 3.8) is 0 Å². The van der Waals surface area contributed by atoms with Crippen LogP contribution in [0, 0.1) is 13.8 Å². The molecule has 34 heavy (non-hydrogen) atoms. The summed E-state index contributed by atoms with van der Waals surface area (Å²) in [7, 11) is 0. The zero-order chi connectivity index (χ0) is 23.8. The number of hydrogen-bond acceptors (Lipinski definition) is 3. The van der Waals surface area contributed by atoms with Crippen molar-refractivity contribution >= 4 is 23.2 Å². The summed E-state index contributed by atoms with van der Waals surface area (Å²) in [4.78, 5) is 41.4. The van der Waals surface area contributed by atoms with Crippen molar-refractivity contribution in [1.29, 1.82) is 0 Å². The summed E-state index contributed by atoms with van der Waals surface area (Å²) in [6.45, 7) is 3.52. The summed E-state index contributed by atoms with van der Waals surface area (Å²) in [5.41, 5.74) is 5.78. The Kier molecular flexibility index (Phi) is 5.12. The largest absolute Gasteiger partial charge is 0.306 e. The van der Waals surface area contributed by atoms with Crippen LogP contribution in [0.1, 0.15) is 22.4 Å². The molecule has 8 heteroatoms. The lowest BCUT2D eigenvalue weighted by atomic mass is 10.1. The fourth-order valence-electron chi connectivity index (χ4n) is 3.99. The number of nitrogens with zero attached hydrogens (tertiary/aromatic N) is 2. The van der Waals surface area contributed by atoms with Crippen LogP contribution in [0.15, 0.2) is 80.8 Å². The molecule has 0 spiro atoms. The molecular formula is C26H21N5O3. The minimum absolute atomic E-state index is 0.220. The molecule has 168 valence electrons. The number of nitrogens with one attached hydrogen (secondary N) is 3. The number of rotatable bonds is 4. The van der Waals surface area contributed by atoms with Gasteiger partial charge in [-0.05, 0) is 55.8 Å². The van der Waals surface area contributed by atoms with Gasteiger partial charge in [-0.3, -0.25) is 24.6 Å². The average Bonchev–Trinajstić information content (AvgIpc) is 3.32. The molecule has 0 fully saturated rings. The van der Waals surface area contributed by atoms with Gasteiger partial charge in [-0.25, -0.2) is 9.36 Å². The number of fused-ring (bicyclic) bond motifs is 1. The van der Waals surface area contributed by atoms with Crippen molar-refractivity contribution in [3.05, 3.63) is 120 Å². The van der Waals surface area contributed by atoms with Crippen molar-refractivity contribution < 1.29 is 0 Å². The third kappa shape index (κ3) is 3.48. The monoisotopic (exact) mass is 451 g/mol. The van der Waals surface area contributed by atoms with Crippen molar-refractivity contribution in [2.75, 3.05) is 0 Å². The van der Waals surface area contributed by atoms with E-state index < -0.39 is 0 Å². The first-order chi connectivity index (χ1) is 16.5. The van der Waals surface area contributed by atoms with E-state index in [1.807, 2.05) is 48.5 Å². The van der Waals surface area contributed by atoms with E-state index in [1.165, 1.54) is 21.5 Å². The highest BCUT2D eigenvalue weighted by Crippen LogP contribution is 2.15. The van der Waals surface area contributed by atoms with Gasteiger partial charge in [0, 0.05) is 5.69 Å². The van der Waals surface area contributed by atoms with Gasteiger partial charge in [0.15, 0.2) is 0 Å². The molecule has 0 radical (unpaired) electrons. The van der Waals surface area contributed by atoms with Gasteiger partial charge in [-0.15, -0.1) is 5.73 Å². The Labute approximate surface area is 193 Å². The number of pyridine rings is 1. The van der Waals surface area contributed by atoms with Gasteiger partial charge < -0.3 is 4.98 Å². The molecule has 0 atom stereocenters. The first kappa shape index (κ1) is 21.1. The number of hydrogen-bond donors (Lipinski definition) is 3. The Morgan fingerprint density at radius 2 is 1.29 bits per heavy atom. The summed E-state index contributed by atoms with van der Waals surface area (Å²) in [6.07, 6.45) is 3.03. The molecule has 3 aromatic heterocycles. The van der Waals surface area contributed by atoms with Gasteiger partial charge in [-0.1, -0.05) is 36.4 Å². The summed E-state index contributed by atoms with van der Waals surface area (Å²) in [5.74, 6) is 0. The Hall–Kier alpha value is -4.81. The third-order valence-corrected chi connectivity index (χ3v) is 5.75. The van der Waals surface area contributed by atoms with Gasteiger partial charge in [0.05, 0.1) is 27.9 Å². The molecule has 0 bridgehead atoms. The van der Waals surface area contributed by atoms with Crippen molar-refractivity contribution in [2.45, 2.75) is 13.8 Å². The topological polar surface area (TPSA) is 108 Å². The molecule has 0 saturated heterocycles. The van der Waals surface area contributed by atoms with Gasteiger partial charge in [0.25, 0.3) is 16.7 Å². The van der Waals surface area contributed by atoms with E-state index >= 15 is 0 Å². The zero-order valence-corrected chi connectivity index (χ0v) is 18.5. The first-order valence-corrected chi connectivity index (χ1v) is 10.7. The number of aryl methyl sites for hydroxylation is 2. The molecule has 0 aliphatic carbocycles. The van der Waals surface area contributed by atoms with Crippen LogP contribution in [-0.4, -0.2) is 24.5 Å². The molecule has 0 aliphatic rings. The molecule has 8 nitrogen and oxygen atoms in total. The minimum atomic E-state index is -0.361. The van der Waals surface area contributed by atoms with Crippen LogP contribution in [0.3, 0.4) is 0 Å². The molecular weight excluding hydrogens is 430 g/mol. The number of benzene rings is 2. The maximum Gasteiger partial charge on any atom is 0.281 e. The fraction of sp³-hybridized carbons (Fsp3) is 0.0769. The van der Waals surface area contributed by atoms with Crippen LogP contribution >= 0.6 is 0 Å². The second-order valence-corrected chi connectivity index (χ2v) is 7.91. The summed E-state index contributed by atoms with van der Waals surface area (Å²) >= 11 is 0. The average molecular weight is 451 g/mol. The van der Waals surface area contributed by atoms with Gasteiger partial charge in [0.1, 0.15) is 5.65 Å². The number of H-pyrrole nitrogens is 3. The van der Waals surface area contributed by atoms with Gasteiger partial charge in [0.2, 0.25) is 0 Å². The maximum atomic E-state index is 13.1. The first-order valence-electron chi connectivity index (χ1n) is 10.7. The quantitative estimate of drug-likeness (QED) is 0.364. The van der Waals surface area contributed by atoms with Crippen LogP contribution in [0.25, 0.3) is 34.6 Å². The number of aromatic amines is 3. The highest BCUT2D eigenvalue weighted by molar-refractivity contribution is 5.82. The van der Waals surface area contributed by atoms with Gasteiger partial charge in [-0.2, -0.15) is 0 Å². The van der Waals surface area contributed by atoms with E-state index in [4.69, 9.17) is 0 Å². The molecule has 0 aliphatic heterocycles. The van der Waals surface area contributed by atoms with Crippen LogP contribution in [0.5, 0.6) is 0 Å². The third-order valence-electron chi connectivity index (χ3n) is 5.75. The smallest absolute Gasteiger partial charge is 0.281 e. The molecule has 0 unspecified atom stereocenters. The highest BCUT2D eigenvalue weighted by Gasteiger charge is 2.15. The van der Waals surface area contributed by atoms with Crippen LogP contribution < -0.4 is 16.7 Å². The van der Waals surface area contributed by atoms with Crippen LogP contribution in [-0.2, 0) is 0 Å². The predicted octanol–water partition coefficient (Wildman–Crippen LogP) is 3.43. The molecule has 3 N–H and O–H groups in total. The lowest BCUT2D eigenvalue weighted by Gasteiger charge is -1.99. The van der Waals surface area contributed by atoms with Crippen molar-refractivity contribution in [1.82, 2.24) is 24.5 Å². The van der Waals surface area contributed by atoms with Crippen molar-refractivity contribution in [2.24, 2.45) is 0 Å². The molecule has 0 saturated carbocycles. The molecule has 0 amide bonds. The van der Waals surface area contributed by atoms with E-state index in [2.05, 4.69) is 20.9 Å². The molecule has 5 rings (SSSR count). The van der Waals surface area contributed by atoms with Crippen LogP contribution in [0.4, 0.5) is 0 Å². The normalized spacial score (nSPS) is 10.9. The van der Waals surface area contributed by atoms with Crippen molar-refractivity contribution in [3.8, 4) is 11.4 Å². The predicted molar refractivity (Wildman–Crippen MR) is 133 cm³/mol. The molecule has 3 heterocycles. The Morgan fingerprint density at radius 3 is 1.91 bits per heavy atom. The molecule has 2 aromatic carbocycles. The lowest BCUT2D eigenvalue weighted by Crippen LogP contribution is -2.16. The second-order valence-electron chi connectivity index (χ2n) is 7.91. The number of aromatic nitrogens is 5. The maximum absolute atomic E-state index is 13.1. The van der Waals surface area contributed by atoms with E-state index in [9.17, 15) is 14.4 Å². The SMILES string of the molecule is Cc1[nH]n(-c2ccccc2)c(=O)c1C=C=Cc1c(C)c2c(=O)n(-c3ccccc3)[nH]c2[nH]c1=O. The summed E-state index contributed by atoms with van der Waals surface area (Å²) in [5, 5.41) is 6.41. The summed E-state index contributed by atoms with van der Waals surface area (Å²) < 4.78 is 2.85. The van der Waals surface area contributed by atoms with E-state index in [0.29, 0.717) is 39.1 Å². The van der Waals surface area contributed by atoms with E-state index in [0.717, 1.165) is 5.69 Å². The number of para-hydroxylation sites is 2. The lowest BCUT2D eigenvalue weighted by molar-refractivity contribution is 0.835. The standard InChI is InChI=1S/C26H21N5O3/c1-16-20(14-9-15-21-17(2)28-30(25(21)33)18-10-5-3-6-11-18)24(32)27-23-22(16)26(34)31(29-23)19-12-7-4-8-13-19/h3-8,10-15,28H,1-2H3,(H2,27,29,32). The zero-order valence-electron chi connectivity index (χ0n) is 18.5. The minimum Gasteiger partial charge on any atom is -0.306 e. The highest BCUT2D eigenvalue weighted by atomic mass is 16.1. The fourth-order valence-corrected chi connectivity index (χ4v) is 3.99. The Balaban J connectivity index is 1.59. The Bertz CT molecular complexity index is 1760. The Morgan fingerprint density at radius 1 is 0.735 bits per heavy atom. The molecule has 5 aromatic rings. The summed E-state index contributed by atoms with van der Waals surface area (Å²) in [6, 6.07) is 18.4. The van der Waals surface area contributed by atoms with Crippen LogP contribution in [0.2, 0.25) is 0 Å². The van der Waals surface area contributed by atoms with E-state index in [-0.39, 0.29) is 16.7 Å². The second kappa shape index (κ2) is 8.27. The van der Waals surface area contributed by atoms with Gasteiger partial charge >= 0.3 is 0 Å².